The van der Waals surface area contributed by atoms with Crippen LogP contribution in [0.2, 0.25) is 0 Å². The van der Waals surface area contributed by atoms with E-state index in [0.29, 0.717) is 31.3 Å². The van der Waals surface area contributed by atoms with Crippen molar-refractivity contribution in [3.8, 4) is 17.2 Å². The second-order valence-corrected chi connectivity index (χ2v) is 5.45. The highest BCUT2D eigenvalue weighted by Crippen LogP contribution is 2.26. The first-order valence-corrected chi connectivity index (χ1v) is 8.70. The van der Waals surface area contributed by atoms with Crippen molar-refractivity contribution in [2.45, 2.75) is 13.0 Å². The van der Waals surface area contributed by atoms with Gasteiger partial charge in [0.25, 0.3) is 0 Å². The fourth-order valence-corrected chi connectivity index (χ4v) is 2.29. The minimum absolute atomic E-state index is 0.0178. The molecule has 0 heterocycles. The first kappa shape index (κ1) is 20.0. The zero-order chi connectivity index (χ0) is 18.5. The lowest BCUT2D eigenvalue weighted by molar-refractivity contribution is 0.103. The molecule has 0 spiro atoms. The maximum Gasteiger partial charge on any atom is 0.161 e. The van der Waals surface area contributed by atoms with E-state index >= 15 is 0 Å². The molecule has 0 bridgehead atoms. The Bertz CT molecular complexity index is 576. The number of aliphatic hydroxyl groups excluding tert-OH is 2. The lowest BCUT2D eigenvalue weighted by Crippen LogP contribution is -2.07. The van der Waals surface area contributed by atoms with Crippen molar-refractivity contribution in [1.82, 2.24) is 0 Å². The summed E-state index contributed by atoms with van der Waals surface area (Å²) in [4.78, 5) is 0. The molecule has 6 nitrogen and oxygen atoms in total. The van der Waals surface area contributed by atoms with Gasteiger partial charge in [0.05, 0.1) is 33.0 Å². The summed E-state index contributed by atoms with van der Waals surface area (Å²) in [5.74, 6) is 2.01. The monoisotopic (exact) mass is 362 g/mol. The van der Waals surface area contributed by atoms with Crippen LogP contribution in [-0.4, -0.2) is 49.9 Å². The molecule has 0 saturated heterocycles. The Morgan fingerprint density at radius 2 is 1.15 bits per heavy atom. The Kier molecular flexibility index (Phi) is 9.35. The van der Waals surface area contributed by atoms with Gasteiger partial charge in [0.1, 0.15) is 19.0 Å². The fraction of sp³-hybridized carbons (Fsp3) is 0.400. The third-order valence-electron chi connectivity index (χ3n) is 3.47. The lowest BCUT2D eigenvalue weighted by Gasteiger charge is -2.13. The van der Waals surface area contributed by atoms with Crippen LogP contribution in [-0.2, 0) is 11.3 Å². The van der Waals surface area contributed by atoms with Gasteiger partial charge in [0, 0.05) is 12.0 Å². The van der Waals surface area contributed by atoms with E-state index in [1.54, 1.807) is 0 Å². The van der Waals surface area contributed by atoms with Gasteiger partial charge in [-0.25, -0.2) is 0 Å². The molecular formula is C20H26O6. The summed E-state index contributed by atoms with van der Waals surface area (Å²) in [6.45, 7) is 1.94. The van der Waals surface area contributed by atoms with E-state index in [2.05, 4.69) is 0 Å². The highest BCUT2D eigenvalue weighted by Gasteiger charge is 2.05. The van der Waals surface area contributed by atoms with Gasteiger partial charge in [0.2, 0.25) is 0 Å². The van der Waals surface area contributed by atoms with Gasteiger partial charge in [-0.1, -0.05) is 30.3 Å². The van der Waals surface area contributed by atoms with E-state index in [9.17, 15) is 0 Å². The maximum atomic E-state index is 8.86. The average molecular weight is 362 g/mol. The van der Waals surface area contributed by atoms with Crippen molar-refractivity contribution in [2.75, 3.05) is 39.6 Å². The van der Waals surface area contributed by atoms with Crippen molar-refractivity contribution in [3.63, 3.8) is 0 Å². The van der Waals surface area contributed by atoms with Crippen LogP contribution in [0.25, 0.3) is 0 Å². The van der Waals surface area contributed by atoms with Crippen molar-refractivity contribution >= 4 is 0 Å². The first-order valence-electron chi connectivity index (χ1n) is 8.70. The van der Waals surface area contributed by atoms with Crippen LogP contribution >= 0.6 is 0 Å². The average Bonchev–Trinajstić information content (AvgIpc) is 2.69. The van der Waals surface area contributed by atoms with Crippen LogP contribution in [0.5, 0.6) is 17.2 Å². The Balaban J connectivity index is 1.69. The summed E-state index contributed by atoms with van der Waals surface area (Å²) in [5.41, 5.74) is 0.949. The molecular weight excluding hydrogens is 336 g/mol. The van der Waals surface area contributed by atoms with E-state index in [4.69, 9.17) is 29.2 Å². The molecule has 0 aromatic heterocycles. The first-order chi connectivity index (χ1) is 12.8. The van der Waals surface area contributed by atoms with Crippen LogP contribution in [0.3, 0.4) is 0 Å². The number of para-hydroxylation sites is 3. The van der Waals surface area contributed by atoms with Crippen molar-refractivity contribution in [1.29, 1.82) is 0 Å². The molecule has 0 atom stereocenters. The van der Waals surface area contributed by atoms with Crippen molar-refractivity contribution < 1.29 is 29.2 Å². The van der Waals surface area contributed by atoms with E-state index in [-0.39, 0.29) is 26.4 Å². The van der Waals surface area contributed by atoms with Gasteiger partial charge in [-0.05, 0) is 18.2 Å². The van der Waals surface area contributed by atoms with Gasteiger partial charge in [-0.2, -0.15) is 0 Å². The number of ether oxygens (including phenoxy) is 4. The van der Waals surface area contributed by atoms with Crippen LogP contribution in [0.1, 0.15) is 12.0 Å². The highest BCUT2D eigenvalue weighted by molar-refractivity contribution is 5.39. The molecule has 0 aliphatic heterocycles. The van der Waals surface area contributed by atoms with Crippen LogP contribution in [0.4, 0.5) is 0 Å². The molecule has 26 heavy (non-hydrogen) atoms. The molecule has 2 aromatic rings. The van der Waals surface area contributed by atoms with Gasteiger partial charge >= 0.3 is 0 Å². The van der Waals surface area contributed by atoms with Crippen LogP contribution < -0.4 is 14.2 Å². The van der Waals surface area contributed by atoms with E-state index in [1.807, 2.05) is 48.5 Å². The molecule has 2 rings (SSSR count). The molecule has 0 saturated carbocycles. The quantitative estimate of drug-likeness (QED) is 0.533. The predicted molar refractivity (Wildman–Crippen MR) is 97.8 cm³/mol. The molecule has 0 unspecified atom stereocenters. The van der Waals surface area contributed by atoms with E-state index in [1.165, 1.54) is 0 Å². The van der Waals surface area contributed by atoms with Gasteiger partial charge < -0.3 is 29.2 Å². The third kappa shape index (κ3) is 6.92. The summed E-state index contributed by atoms with van der Waals surface area (Å²) in [5, 5.41) is 17.7. The highest BCUT2D eigenvalue weighted by atomic mass is 16.5. The number of hydrogen-bond acceptors (Lipinski definition) is 6. The Labute approximate surface area is 153 Å². The number of benzene rings is 2. The maximum absolute atomic E-state index is 8.86. The van der Waals surface area contributed by atoms with Gasteiger partial charge in [0.15, 0.2) is 11.5 Å². The topological polar surface area (TPSA) is 77.4 Å². The second-order valence-electron chi connectivity index (χ2n) is 5.45. The molecule has 0 aliphatic rings. The molecule has 142 valence electrons. The summed E-state index contributed by atoms with van der Waals surface area (Å²) in [7, 11) is 0. The van der Waals surface area contributed by atoms with Crippen LogP contribution in [0.15, 0.2) is 48.5 Å². The van der Waals surface area contributed by atoms with E-state index in [0.717, 1.165) is 17.7 Å². The Morgan fingerprint density at radius 3 is 1.81 bits per heavy atom. The number of hydrogen-bond donors (Lipinski definition) is 2. The number of rotatable bonds is 13. The molecule has 0 fully saturated rings. The van der Waals surface area contributed by atoms with Gasteiger partial charge in [-0.3, -0.25) is 0 Å². The second kappa shape index (κ2) is 12.1. The Hall–Kier alpha value is -2.28. The lowest BCUT2D eigenvalue weighted by atomic mass is 10.2. The molecule has 2 N–H and O–H groups in total. The van der Waals surface area contributed by atoms with Crippen LogP contribution in [0, 0.1) is 0 Å². The summed E-state index contributed by atoms with van der Waals surface area (Å²) >= 11 is 0. The largest absolute Gasteiger partial charge is 0.491 e. The summed E-state index contributed by atoms with van der Waals surface area (Å²) in [6.07, 6.45) is 0.730. The number of aliphatic hydroxyl groups is 2. The molecule has 0 amide bonds. The van der Waals surface area contributed by atoms with Crippen molar-refractivity contribution in [2.24, 2.45) is 0 Å². The minimum Gasteiger partial charge on any atom is -0.491 e. The predicted octanol–water partition coefficient (Wildman–Crippen LogP) is 2.41. The Morgan fingerprint density at radius 1 is 0.615 bits per heavy atom. The van der Waals surface area contributed by atoms with Crippen molar-refractivity contribution in [3.05, 3.63) is 54.1 Å². The summed E-state index contributed by atoms with van der Waals surface area (Å²) in [6, 6.07) is 15.0. The normalized spacial score (nSPS) is 10.5. The SMILES string of the molecule is OCCOc1ccccc1COCCCOc1ccccc1OCCO. The minimum atomic E-state index is -0.0360. The zero-order valence-corrected chi connectivity index (χ0v) is 14.8. The molecule has 6 heteroatoms. The fourth-order valence-electron chi connectivity index (χ4n) is 2.29. The zero-order valence-electron chi connectivity index (χ0n) is 14.8. The molecule has 0 aliphatic carbocycles. The standard InChI is InChI=1S/C20H26O6/c21-10-14-25-18-7-2-1-6-17(18)16-23-12-5-13-24-19-8-3-4-9-20(19)26-15-11-22/h1-4,6-9,21-22H,5,10-16H2. The van der Waals surface area contributed by atoms with Gasteiger partial charge in [-0.15, -0.1) is 0 Å². The summed E-state index contributed by atoms with van der Waals surface area (Å²) < 4.78 is 22.3. The smallest absolute Gasteiger partial charge is 0.161 e. The molecule has 2 aromatic carbocycles. The van der Waals surface area contributed by atoms with E-state index < -0.39 is 0 Å². The third-order valence-corrected chi connectivity index (χ3v) is 3.47. The molecule has 0 radical (unpaired) electrons.